The van der Waals surface area contributed by atoms with E-state index in [0.717, 1.165) is 6.20 Å². The van der Waals surface area contributed by atoms with Crippen LogP contribution in [0.2, 0.25) is 5.15 Å². The first-order valence-electron chi connectivity index (χ1n) is 7.39. The summed E-state index contributed by atoms with van der Waals surface area (Å²) in [6.45, 7) is 0.0456. The van der Waals surface area contributed by atoms with Crippen molar-refractivity contribution in [1.29, 1.82) is 0 Å². The zero-order valence-corrected chi connectivity index (χ0v) is 16.2. The van der Waals surface area contributed by atoms with E-state index >= 15 is 0 Å². The van der Waals surface area contributed by atoms with Gasteiger partial charge in [-0.05, 0) is 31.3 Å². The van der Waals surface area contributed by atoms with E-state index < -0.39 is 27.5 Å². The Morgan fingerprint density at radius 2 is 1.85 bits per heavy atom. The van der Waals surface area contributed by atoms with Crippen molar-refractivity contribution < 1.29 is 17.2 Å². The van der Waals surface area contributed by atoms with E-state index in [0.29, 0.717) is 3.97 Å². The van der Waals surface area contributed by atoms with Crippen LogP contribution in [0.3, 0.4) is 0 Å². The number of halogens is 4. The van der Waals surface area contributed by atoms with Gasteiger partial charge in [0.05, 0.1) is 5.56 Å². The minimum atomic E-state index is -4.33. The smallest absolute Gasteiger partial charge is 0.271 e. The van der Waals surface area contributed by atoms with Crippen LogP contribution in [-0.4, -0.2) is 29.4 Å². The van der Waals surface area contributed by atoms with Gasteiger partial charge in [-0.25, -0.2) is 26.7 Å². The largest absolute Gasteiger partial charge is 0.316 e. The maximum absolute atomic E-state index is 14.9. The van der Waals surface area contributed by atoms with Gasteiger partial charge in [0.1, 0.15) is 15.7 Å². The second kappa shape index (κ2) is 8.30. The number of aromatic nitrogens is 3. The van der Waals surface area contributed by atoms with Gasteiger partial charge in [-0.1, -0.05) is 11.6 Å². The van der Waals surface area contributed by atoms with Gasteiger partial charge in [-0.3, -0.25) is 0 Å². The van der Waals surface area contributed by atoms with Crippen molar-refractivity contribution in [1.82, 2.24) is 19.3 Å². The summed E-state index contributed by atoms with van der Waals surface area (Å²) in [6, 6.07) is 5.26. The SMILES string of the molecule is CNCc1cn(S(=O)(=O)c2cccnc2Cl)c(-c2cccnc2F)c1F.Cl. The van der Waals surface area contributed by atoms with Crippen molar-refractivity contribution in [2.45, 2.75) is 11.4 Å². The monoisotopic (exact) mass is 434 g/mol. The Bertz CT molecular complexity index is 1070. The Kier molecular flexibility index (Phi) is 6.53. The Balaban J connectivity index is 0.00000261. The van der Waals surface area contributed by atoms with E-state index in [1.54, 1.807) is 7.05 Å². The molecule has 3 heterocycles. The third-order valence-corrected chi connectivity index (χ3v) is 5.73. The van der Waals surface area contributed by atoms with E-state index in [1.165, 1.54) is 36.7 Å². The van der Waals surface area contributed by atoms with E-state index in [9.17, 15) is 17.2 Å². The van der Waals surface area contributed by atoms with Crippen molar-refractivity contribution in [3.63, 3.8) is 0 Å². The lowest BCUT2D eigenvalue weighted by Crippen LogP contribution is -2.15. The number of nitrogens with one attached hydrogen (secondary N) is 1. The van der Waals surface area contributed by atoms with Gasteiger partial charge >= 0.3 is 0 Å². The predicted octanol–water partition coefficient (Wildman–Crippen LogP) is 3.25. The van der Waals surface area contributed by atoms with Crippen LogP contribution >= 0.6 is 24.0 Å². The maximum Gasteiger partial charge on any atom is 0.271 e. The molecule has 27 heavy (non-hydrogen) atoms. The molecule has 3 rings (SSSR count). The molecule has 0 amide bonds. The van der Waals surface area contributed by atoms with E-state index in [4.69, 9.17) is 11.6 Å². The summed E-state index contributed by atoms with van der Waals surface area (Å²) < 4.78 is 55.8. The third-order valence-electron chi connectivity index (χ3n) is 3.63. The molecule has 0 saturated carbocycles. The zero-order valence-electron chi connectivity index (χ0n) is 13.9. The summed E-state index contributed by atoms with van der Waals surface area (Å²) in [4.78, 5) is 6.89. The Hall–Kier alpha value is -2.07. The first-order valence-corrected chi connectivity index (χ1v) is 9.21. The normalized spacial score (nSPS) is 11.3. The highest BCUT2D eigenvalue weighted by molar-refractivity contribution is 7.90. The molecule has 3 aromatic heterocycles. The molecule has 0 bridgehead atoms. The minimum absolute atomic E-state index is 0. The van der Waals surface area contributed by atoms with Crippen molar-refractivity contribution in [2.24, 2.45) is 0 Å². The summed E-state index contributed by atoms with van der Waals surface area (Å²) in [5, 5.41) is 2.47. The molecular formula is C16H14Cl2F2N4O2S. The fourth-order valence-corrected chi connectivity index (χ4v) is 4.31. The van der Waals surface area contributed by atoms with Gasteiger partial charge in [0.2, 0.25) is 5.95 Å². The predicted molar refractivity (Wildman–Crippen MR) is 99.4 cm³/mol. The van der Waals surface area contributed by atoms with Gasteiger partial charge in [0.25, 0.3) is 10.0 Å². The molecule has 144 valence electrons. The molecule has 0 saturated heterocycles. The fraction of sp³-hybridized carbons (Fsp3) is 0.125. The van der Waals surface area contributed by atoms with Crippen LogP contribution in [0.1, 0.15) is 5.56 Å². The van der Waals surface area contributed by atoms with Crippen LogP contribution in [0, 0.1) is 11.8 Å². The lowest BCUT2D eigenvalue weighted by Gasteiger charge is -2.11. The number of nitrogens with zero attached hydrogens (tertiary/aromatic N) is 3. The lowest BCUT2D eigenvalue weighted by atomic mass is 10.2. The number of rotatable bonds is 5. The summed E-state index contributed by atoms with van der Waals surface area (Å²) >= 11 is 5.90. The summed E-state index contributed by atoms with van der Waals surface area (Å²) in [5.74, 6) is -1.86. The summed E-state index contributed by atoms with van der Waals surface area (Å²) in [7, 11) is -2.75. The molecule has 0 aliphatic rings. The van der Waals surface area contributed by atoms with Gasteiger partial charge in [-0.15, -0.1) is 12.4 Å². The molecule has 0 atom stereocenters. The van der Waals surface area contributed by atoms with Crippen LogP contribution in [0.15, 0.2) is 47.8 Å². The summed E-state index contributed by atoms with van der Waals surface area (Å²) in [5.41, 5.74) is -0.689. The maximum atomic E-state index is 14.9. The van der Waals surface area contributed by atoms with E-state index in [-0.39, 0.29) is 40.1 Å². The summed E-state index contributed by atoms with van der Waals surface area (Å²) in [6.07, 6.45) is 3.60. The molecule has 0 aliphatic carbocycles. The van der Waals surface area contributed by atoms with Crippen LogP contribution in [0.5, 0.6) is 0 Å². The molecule has 0 aromatic carbocycles. The topological polar surface area (TPSA) is 76.9 Å². The molecule has 0 radical (unpaired) electrons. The van der Waals surface area contributed by atoms with Crippen molar-refractivity contribution in [2.75, 3.05) is 7.05 Å². The highest BCUT2D eigenvalue weighted by atomic mass is 35.5. The molecule has 6 nitrogen and oxygen atoms in total. The molecule has 0 spiro atoms. The average molecular weight is 435 g/mol. The van der Waals surface area contributed by atoms with Gasteiger partial charge < -0.3 is 5.32 Å². The zero-order chi connectivity index (χ0) is 18.9. The third kappa shape index (κ3) is 3.81. The molecule has 0 fully saturated rings. The van der Waals surface area contributed by atoms with Gasteiger partial charge in [0.15, 0.2) is 5.82 Å². The minimum Gasteiger partial charge on any atom is -0.316 e. The van der Waals surface area contributed by atoms with E-state index in [1.807, 2.05) is 0 Å². The number of hydrogen-bond acceptors (Lipinski definition) is 5. The second-order valence-electron chi connectivity index (χ2n) is 5.28. The highest BCUT2D eigenvalue weighted by Gasteiger charge is 2.29. The van der Waals surface area contributed by atoms with Crippen LogP contribution in [-0.2, 0) is 16.6 Å². The van der Waals surface area contributed by atoms with E-state index in [2.05, 4.69) is 15.3 Å². The van der Waals surface area contributed by atoms with Gasteiger partial charge in [-0.2, -0.15) is 4.39 Å². The van der Waals surface area contributed by atoms with Crippen LogP contribution < -0.4 is 5.32 Å². The van der Waals surface area contributed by atoms with Crippen LogP contribution in [0.25, 0.3) is 11.3 Å². The van der Waals surface area contributed by atoms with Crippen molar-refractivity contribution in [3.8, 4) is 11.3 Å². The lowest BCUT2D eigenvalue weighted by molar-refractivity contribution is 0.574. The van der Waals surface area contributed by atoms with Crippen molar-refractivity contribution in [3.05, 3.63) is 65.3 Å². The quantitative estimate of drug-likeness (QED) is 0.623. The molecular weight excluding hydrogens is 421 g/mol. The first kappa shape index (κ1) is 21.2. The molecule has 11 heteroatoms. The highest BCUT2D eigenvalue weighted by Crippen LogP contribution is 2.33. The van der Waals surface area contributed by atoms with Crippen molar-refractivity contribution >= 4 is 34.0 Å². The molecule has 0 unspecified atom stereocenters. The fourth-order valence-electron chi connectivity index (χ4n) is 2.48. The standard InChI is InChI=1S/C16H13ClF2N4O2S.ClH/c1-20-8-10-9-23(26(24,25)12-5-3-6-21-15(12)17)14(13(10)18)11-4-2-7-22-16(11)19;/h2-7,9,20H,8H2,1H3;1H. The molecule has 1 N–H and O–H groups in total. The number of hydrogen-bond donors (Lipinski definition) is 1. The average Bonchev–Trinajstić information content (AvgIpc) is 2.93. The van der Waals surface area contributed by atoms with Crippen LogP contribution in [0.4, 0.5) is 8.78 Å². The number of pyridine rings is 2. The Morgan fingerprint density at radius 1 is 1.19 bits per heavy atom. The Morgan fingerprint density at radius 3 is 2.48 bits per heavy atom. The first-order chi connectivity index (χ1) is 12.4. The second-order valence-corrected chi connectivity index (χ2v) is 7.42. The van der Waals surface area contributed by atoms with Gasteiger partial charge in [0, 0.05) is 30.7 Å². The molecule has 0 aliphatic heterocycles. The Labute approximate surface area is 165 Å². The molecule has 3 aromatic rings.